The van der Waals surface area contributed by atoms with Crippen molar-refractivity contribution in [3.8, 4) is 23.0 Å². The highest BCUT2D eigenvalue weighted by Crippen LogP contribution is 2.43. The zero-order chi connectivity index (χ0) is 66.2. The lowest BCUT2D eigenvalue weighted by Gasteiger charge is -2.50. The van der Waals surface area contributed by atoms with Crippen LogP contribution >= 0.6 is 0 Å². The maximum atomic E-state index is 14.3. The molecule has 0 spiro atoms. The van der Waals surface area contributed by atoms with Crippen molar-refractivity contribution in [2.45, 2.75) is 161 Å². The van der Waals surface area contributed by atoms with Crippen LogP contribution in [0.1, 0.15) is 35.3 Å². The average Bonchev–Trinajstić information content (AvgIpc) is 1.72. The lowest BCUT2D eigenvalue weighted by Crippen LogP contribution is -2.69. The predicted molar refractivity (Wildman–Crippen MR) is 295 cm³/mol. The first-order chi connectivity index (χ1) is 43.3. The number of phenols is 1. The Hall–Kier alpha value is -6.62. The van der Waals surface area contributed by atoms with Crippen LogP contribution in [0, 0.1) is 0 Å². The van der Waals surface area contributed by atoms with Gasteiger partial charge >= 0.3 is 23.9 Å². The van der Waals surface area contributed by atoms with Gasteiger partial charge in [-0.05, 0) is 66.6 Å². The van der Waals surface area contributed by atoms with Crippen molar-refractivity contribution >= 4 is 36.0 Å². The fourth-order valence-electron chi connectivity index (χ4n) is 10.2. The number of phenolic OH excluding ortho intramolecular Hbond substituents is 1. The van der Waals surface area contributed by atoms with E-state index in [1.54, 1.807) is 6.07 Å². The minimum atomic E-state index is -3.00. The van der Waals surface area contributed by atoms with Crippen LogP contribution < -0.4 is 14.2 Å². The molecule has 91 heavy (non-hydrogen) atoms. The fraction of sp³-hybridized carbons (Fsp3) is 0.552. The Labute approximate surface area is 516 Å². The quantitative estimate of drug-likeness (QED) is 0.0240. The Balaban J connectivity index is 1.23. The second kappa shape index (κ2) is 30.9. The number of ether oxygens (including phenoxy) is 15. The number of rotatable bonds is 23. The zero-order valence-electron chi connectivity index (χ0n) is 48.8. The van der Waals surface area contributed by atoms with Gasteiger partial charge in [0.2, 0.25) is 18.4 Å². The summed E-state index contributed by atoms with van der Waals surface area (Å²) in [7, 11) is 2.52. The number of hydrogen-bond donors (Lipinski definition) is 14. The van der Waals surface area contributed by atoms with Gasteiger partial charge in [-0.1, -0.05) is 30.3 Å². The van der Waals surface area contributed by atoms with Crippen LogP contribution in [0.5, 0.6) is 23.0 Å². The lowest BCUT2D eigenvalue weighted by atomic mass is 9.97. The van der Waals surface area contributed by atoms with Gasteiger partial charge in [-0.25, -0.2) is 14.4 Å². The summed E-state index contributed by atoms with van der Waals surface area (Å²) < 4.78 is 87.8. The number of carbonyl (C=O) groups is 4. The van der Waals surface area contributed by atoms with E-state index in [0.29, 0.717) is 0 Å². The molecule has 33 nitrogen and oxygen atoms in total. The number of carbonyl (C=O) groups excluding carboxylic acids is 4. The second-order valence-electron chi connectivity index (χ2n) is 21.3. The molecule has 5 saturated heterocycles. The van der Waals surface area contributed by atoms with Gasteiger partial charge in [0.1, 0.15) is 98.2 Å². The second-order valence-corrected chi connectivity index (χ2v) is 21.3. The summed E-state index contributed by atoms with van der Waals surface area (Å²) in [6.07, 6.45) is -42.8. The first-order valence-corrected chi connectivity index (χ1v) is 28.2. The molecule has 0 saturated carbocycles. The van der Waals surface area contributed by atoms with E-state index in [4.69, 9.17) is 71.1 Å². The number of esters is 4. The molecule has 0 unspecified atom stereocenters. The highest BCUT2D eigenvalue weighted by Gasteiger charge is 2.64. The summed E-state index contributed by atoms with van der Waals surface area (Å²) in [5.41, 5.74) is 0.306. The third-order valence-electron chi connectivity index (χ3n) is 15.2. The summed E-state index contributed by atoms with van der Waals surface area (Å²) in [6, 6.07) is 15.1. The molecule has 24 atom stereocenters. The van der Waals surface area contributed by atoms with E-state index in [0.717, 1.165) is 25.2 Å². The van der Waals surface area contributed by atoms with Crippen LogP contribution in [0.3, 0.4) is 0 Å². The largest absolute Gasteiger partial charge is 0.504 e. The number of hydrogen-bond acceptors (Lipinski definition) is 33. The van der Waals surface area contributed by atoms with E-state index in [-0.39, 0.29) is 39.7 Å². The molecule has 0 amide bonds. The molecular weight excluding hydrogens is 1220 g/mol. The molecule has 3 aromatic rings. The molecule has 0 bridgehead atoms. The number of aromatic hydroxyl groups is 1. The van der Waals surface area contributed by atoms with E-state index in [1.165, 1.54) is 87.9 Å². The van der Waals surface area contributed by atoms with Crippen LogP contribution in [-0.4, -0.2) is 283 Å². The molecule has 33 heteroatoms. The van der Waals surface area contributed by atoms with Gasteiger partial charge in [0.25, 0.3) is 0 Å². The van der Waals surface area contributed by atoms with Crippen LogP contribution in [0.4, 0.5) is 0 Å². The summed E-state index contributed by atoms with van der Waals surface area (Å²) in [5.74, 6) is -8.31. The van der Waals surface area contributed by atoms with Crippen LogP contribution in [0.2, 0.25) is 0 Å². The molecule has 0 radical (unpaired) electrons. The van der Waals surface area contributed by atoms with Crippen molar-refractivity contribution < 1.29 is 162 Å². The number of aliphatic hydroxyl groups is 13. The summed E-state index contributed by atoms with van der Waals surface area (Å²) in [4.78, 5) is 55.3. The van der Waals surface area contributed by atoms with E-state index in [1.807, 2.05) is 0 Å². The lowest BCUT2D eigenvalue weighted by molar-refractivity contribution is -0.434. The molecular formula is C58H72O33. The van der Waals surface area contributed by atoms with Crippen molar-refractivity contribution in [3.63, 3.8) is 0 Å². The summed E-state index contributed by atoms with van der Waals surface area (Å²) >= 11 is 0. The third-order valence-corrected chi connectivity index (χ3v) is 15.2. The molecule has 14 N–H and O–H groups in total. The zero-order valence-corrected chi connectivity index (χ0v) is 48.8. The molecule has 3 aromatic carbocycles. The Kier molecular flexibility index (Phi) is 23.8. The first-order valence-electron chi connectivity index (χ1n) is 28.2. The van der Waals surface area contributed by atoms with E-state index in [2.05, 4.69) is 0 Å². The molecule has 5 heterocycles. The third kappa shape index (κ3) is 16.1. The average molecular weight is 1300 g/mol. The van der Waals surface area contributed by atoms with Crippen molar-refractivity contribution in [3.05, 3.63) is 95.6 Å². The van der Waals surface area contributed by atoms with Gasteiger partial charge in [-0.2, -0.15) is 0 Å². The molecule has 5 fully saturated rings. The number of methoxy groups -OCH3 is 2. The van der Waals surface area contributed by atoms with E-state index in [9.17, 15) is 90.7 Å². The minimum absolute atomic E-state index is 0.0154. The standard InChI is InChI=1S/C58H72O33/c1-24-38(66)42(70)45(73)53(80-24)82-30-15-11-27(19-32(30)78-4)13-17-37(65)85-49-48(86-54-46(74)43(71)39(67)33(20-59)83-54)50(87-55-47(75)44(72)40(68)34(21-60)84-55)57(89-56(49)81-25(2)62)91-58(23-79-36(64)16-12-26-10-14-29(63)31(18-26)77-3)51(41(69)35(22-61)90-58)88-52(76)28-8-6-5-7-9-28/h5-19,24,33-35,38-51,53-57,59-61,63,66-75H,20-23H2,1-4H3/b16-12+,17-13+/t24-,33+,34-,35+,38-,39+,40+,41+,42+,43-,44-,45-,46+,47+,48-,49-,50+,51-,53-,54-,55-,56-,57+,58-/m0/s1. The summed E-state index contributed by atoms with van der Waals surface area (Å²) in [6.45, 7) is -2.21. The molecule has 0 aliphatic carbocycles. The highest BCUT2D eigenvalue weighted by molar-refractivity contribution is 5.90. The summed E-state index contributed by atoms with van der Waals surface area (Å²) in [5, 5.41) is 151. The van der Waals surface area contributed by atoms with Gasteiger partial charge in [0.15, 0.2) is 54.1 Å². The van der Waals surface area contributed by atoms with E-state index < -0.39 is 197 Å². The maximum Gasteiger partial charge on any atom is 0.338 e. The van der Waals surface area contributed by atoms with Gasteiger partial charge < -0.3 is 143 Å². The van der Waals surface area contributed by atoms with Gasteiger partial charge in [0.05, 0.1) is 45.7 Å². The van der Waals surface area contributed by atoms with Crippen molar-refractivity contribution in [1.82, 2.24) is 0 Å². The smallest absolute Gasteiger partial charge is 0.338 e. The number of aliphatic hydroxyl groups excluding tert-OH is 13. The Morgan fingerprint density at radius 3 is 1.66 bits per heavy atom. The van der Waals surface area contributed by atoms with Gasteiger partial charge in [-0.15, -0.1) is 0 Å². The monoisotopic (exact) mass is 1300 g/mol. The van der Waals surface area contributed by atoms with Gasteiger partial charge in [0, 0.05) is 19.1 Å². The highest BCUT2D eigenvalue weighted by atomic mass is 16.9. The molecule has 502 valence electrons. The van der Waals surface area contributed by atoms with E-state index >= 15 is 0 Å². The predicted octanol–water partition coefficient (Wildman–Crippen LogP) is -4.90. The van der Waals surface area contributed by atoms with Crippen molar-refractivity contribution in [2.24, 2.45) is 0 Å². The Morgan fingerprint density at radius 1 is 0.527 bits per heavy atom. The molecule has 8 rings (SSSR count). The Morgan fingerprint density at radius 2 is 1.08 bits per heavy atom. The first kappa shape index (κ1) is 70.3. The van der Waals surface area contributed by atoms with Crippen LogP contribution in [-0.2, 0) is 71.2 Å². The number of benzene rings is 3. The van der Waals surface area contributed by atoms with Crippen molar-refractivity contribution in [1.29, 1.82) is 0 Å². The minimum Gasteiger partial charge on any atom is -0.504 e. The van der Waals surface area contributed by atoms with Gasteiger partial charge in [-0.3, -0.25) is 4.79 Å². The Bertz CT molecular complexity index is 2980. The van der Waals surface area contributed by atoms with Crippen LogP contribution in [0.15, 0.2) is 78.9 Å². The van der Waals surface area contributed by atoms with Crippen LogP contribution in [0.25, 0.3) is 12.2 Å². The molecule has 0 aromatic heterocycles. The maximum absolute atomic E-state index is 14.3. The topological polar surface area (TPSA) is 490 Å². The fourth-order valence-corrected chi connectivity index (χ4v) is 10.2. The normalized spacial score (nSPS) is 36.8. The SMILES string of the molecule is COc1cc(/C=C/C(=O)OC[C@@]2(O[C@H]3O[C@H](OC(C)=O)[C@@H](OC(=O)/C=C/c4ccc(O[C@@H]5O[C@@H](C)[C@H](O)[C@@H](O)[C@@H]5O)c(OC)c4)[C@H](O[C@@H]4O[C@H](CO)[C@@H](O)[C@H](O)[C@H]4O)[C@H]3O[C@@H]3O[C@@H](CO)[C@@H](O)[C@H](O)[C@H]3O)O[C@H](CO)[C@@H](O)[C@@H]2OC(=O)c2ccccc2)ccc1O. The molecule has 5 aliphatic heterocycles. The van der Waals surface area contributed by atoms with Crippen molar-refractivity contribution in [2.75, 3.05) is 40.6 Å². The molecule has 5 aliphatic rings.